The first-order valence-corrected chi connectivity index (χ1v) is 5.76. The van der Waals surface area contributed by atoms with Crippen molar-refractivity contribution in [2.45, 2.75) is 47.5 Å². The van der Waals surface area contributed by atoms with Crippen molar-refractivity contribution < 1.29 is 0 Å². The van der Waals surface area contributed by atoms with Crippen LogP contribution in [-0.4, -0.2) is 14.6 Å². The van der Waals surface area contributed by atoms with Crippen molar-refractivity contribution in [2.75, 3.05) is 0 Å². The van der Waals surface area contributed by atoms with E-state index in [9.17, 15) is 0 Å². The highest BCUT2D eigenvalue weighted by atomic mass is 15.3. The summed E-state index contributed by atoms with van der Waals surface area (Å²) in [5.74, 6) is 1.42. The third kappa shape index (κ3) is 1.42. The lowest BCUT2D eigenvalue weighted by Crippen LogP contribution is -2.06. The second-order valence-corrected chi connectivity index (χ2v) is 4.79. The highest BCUT2D eigenvalue weighted by Crippen LogP contribution is 2.24. The standard InChI is InChI=1S/C13H19N3/c1-7(2)12-8(3)9(4)13-10(5)14-11(6)16(13)15-12/h7H,1-6H3. The molecule has 0 aliphatic carbocycles. The first-order chi connectivity index (χ1) is 7.43. The van der Waals surface area contributed by atoms with Crippen molar-refractivity contribution in [3.05, 3.63) is 28.3 Å². The zero-order chi connectivity index (χ0) is 12.0. The molecule has 0 amide bonds. The van der Waals surface area contributed by atoms with Gasteiger partial charge in [0.25, 0.3) is 0 Å². The van der Waals surface area contributed by atoms with Crippen LogP contribution in [0.2, 0.25) is 0 Å². The lowest BCUT2D eigenvalue weighted by atomic mass is 10.0. The number of hydrogen-bond donors (Lipinski definition) is 0. The predicted octanol–water partition coefficient (Wildman–Crippen LogP) is 3.09. The van der Waals surface area contributed by atoms with Crippen molar-refractivity contribution >= 4 is 5.52 Å². The van der Waals surface area contributed by atoms with Gasteiger partial charge in [0.2, 0.25) is 0 Å². The quantitative estimate of drug-likeness (QED) is 0.734. The number of rotatable bonds is 1. The van der Waals surface area contributed by atoms with Gasteiger partial charge in [-0.15, -0.1) is 0 Å². The van der Waals surface area contributed by atoms with Crippen molar-refractivity contribution in [2.24, 2.45) is 0 Å². The Labute approximate surface area is 96.5 Å². The number of fused-ring (bicyclic) bond motifs is 1. The average molecular weight is 217 g/mol. The maximum absolute atomic E-state index is 4.71. The molecule has 0 aliphatic rings. The molecule has 0 atom stereocenters. The minimum atomic E-state index is 0.449. The van der Waals surface area contributed by atoms with E-state index >= 15 is 0 Å². The Bertz CT molecular complexity index is 550. The summed E-state index contributed by atoms with van der Waals surface area (Å²) in [5, 5.41) is 4.71. The fourth-order valence-electron chi connectivity index (χ4n) is 2.31. The molecule has 0 fully saturated rings. The Balaban J connectivity index is 2.91. The Kier molecular flexibility index (Phi) is 2.49. The maximum Gasteiger partial charge on any atom is 0.127 e. The zero-order valence-electron chi connectivity index (χ0n) is 10.9. The summed E-state index contributed by atoms with van der Waals surface area (Å²) in [6.07, 6.45) is 0. The van der Waals surface area contributed by atoms with Crippen LogP contribution in [0.3, 0.4) is 0 Å². The van der Waals surface area contributed by atoms with E-state index in [0.29, 0.717) is 5.92 Å². The topological polar surface area (TPSA) is 30.2 Å². The van der Waals surface area contributed by atoms with Crippen LogP contribution in [0, 0.1) is 27.7 Å². The minimum absolute atomic E-state index is 0.449. The molecule has 3 heteroatoms. The third-order valence-corrected chi connectivity index (χ3v) is 3.25. The summed E-state index contributed by atoms with van der Waals surface area (Å²) in [5.41, 5.74) is 6.01. The van der Waals surface area contributed by atoms with E-state index < -0.39 is 0 Å². The predicted molar refractivity (Wildman–Crippen MR) is 66.0 cm³/mol. The Morgan fingerprint density at radius 3 is 2.19 bits per heavy atom. The Hall–Kier alpha value is -1.38. The van der Waals surface area contributed by atoms with Gasteiger partial charge in [0.1, 0.15) is 5.82 Å². The van der Waals surface area contributed by atoms with Gasteiger partial charge in [-0.2, -0.15) is 5.10 Å². The summed E-state index contributed by atoms with van der Waals surface area (Å²) >= 11 is 0. The largest absolute Gasteiger partial charge is 0.236 e. The molecule has 2 aromatic rings. The molecule has 0 radical (unpaired) electrons. The van der Waals surface area contributed by atoms with Gasteiger partial charge in [0.15, 0.2) is 0 Å². The van der Waals surface area contributed by atoms with E-state index in [1.807, 2.05) is 18.4 Å². The highest BCUT2D eigenvalue weighted by Gasteiger charge is 2.15. The molecule has 0 unspecified atom stereocenters. The minimum Gasteiger partial charge on any atom is -0.236 e. The molecule has 0 spiro atoms. The molecule has 0 N–H and O–H groups in total. The summed E-state index contributed by atoms with van der Waals surface area (Å²) < 4.78 is 1.98. The Morgan fingerprint density at radius 1 is 1.00 bits per heavy atom. The second kappa shape index (κ2) is 3.58. The fourth-order valence-corrected chi connectivity index (χ4v) is 2.31. The van der Waals surface area contributed by atoms with E-state index in [1.54, 1.807) is 0 Å². The number of nitrogens with zero attached hydrogens (tertiary/aromatic N) is 3. The van der Waals surface area contributed by atoms with E-state index in [2.05, 4.69) is 32.7 Å². The Morgan fingerprint density at radius 2 is 1.62 bits per heavy atom. The number of imidazole rings is 1. The normalized spacial score (nSPS) is 11.7. The zero-order valence-corrected chi connectivity index (χ0v) is 10.9. The van der Waals surface area contributed by atoms with Gasteiger partial charge in [-0.1, -0.05) is 13.8 Å². The smallest absolute Gasteiger partial charge is 0.127 e. The molecular weight excluding hydrogens is 198 g/mol. The van der Waals surface area contributed by atoms with Gasteiger partial charge in [0.05, 0.1) is 16.9 Å². The van der Waals surface area contributed by atoms with E-state index in [4.69, 9.17) is 5.10 Å². The van der Waals surface area contributed by atoms with Crippen LogP contribution in [0.1, 0.15) is 48.1 Å². The van der Waals surface area contributed by atoms with Crippen LogP contribution < -0.4 is 0 Å². The fraction of sp³-hybridized carbons (Fsp3) is 0.538. The summed E-state index contributed by atoms with van der Waals surface area (Å²) in [6.45, 7) is 12.7. The molecule has 0 aromatic carbocycles. The molecule has 16 heavy (non-hydrogen) atoms. The highest BCUT2D eigenvalue weighted by molar-refractivity contribution is 5.61. The molecule has 86 valence electrons. The first-order valence-electron chi connectivity index (χ1n) is 5.76. The van der Waals surface area contributed by atoms with Crippen LogP contribution in [-0.2, 0) is 0 Å². The molecular formula is C13H19N3. The van der Waals surface area contributed by atoms with Crippen molar-refractivity contribution in [1.29, 1.82) is 0 Å². The molecule has 0 saturated heterocycles. The van der Waals surface area contributed by atoms with Gasteiger partial charge < -0.3 is 0 Å². The molecule has 0 aliphatic heterocycles. The summed E-state index contributed by atoms with van der Waals surface area (Å²) in [7, 11) is 0. The monoisotopic (exact) mass is 217 g/mol. The van der Waals surface area contributed by atoms with Gasteiger partial charge in [-0.3, -0.25) is 0 Å². The molecule has 0 saturated carbocycles. The van der Waals surface area contributed by atoms with Gasteiger partial charge in [-0.05, 0) is 44.7 Å². The van der Waals surface area contributed by atoms with Crippen molar-refractivity contribution in [3.8, 4) is 0 Å². The lowest BCUT2D eigenvalue weighted by molar-refractivity contribution is 0.737. The number of aryl methyl sites for hydroxylation is 3. The molecule has 2 heterocycles. The van der Waals surface area contributed by atoms with Gasteiger partial charge in [0, 0.05) is 0 Å². The molecule has 0 bridgehead atoms. The number of hydrogen-bond acceptors (Lipinski definition) is 2. The van der Waals surface area contributed by atoms with E-state index in [0.717, 1.165) is 11.5 Å². The molecule has 3 nitrogen and oxygen atoms in total. The summed E-state index contributed by atoms with van der Waals surface area (Å²) in [4.78, 5) is 4.49. The molecule has 2 rings (SSSR count). The number of aromatic nitrogens is 3. The van der Waals surface area contributed by atoms with Crippen LogP contribution in [0.5, 0.6) is 0 Å². The van der Waals surface area contributed by atoms with Crippen LogP contribution in [0.15, 0.2) is 0 Å². The van der Waals surface area contributed by atoms with Crippen LogP contribution >= 0.6 is 0 Å². The summed E-state index contributed by atoms with van der Waals surface area (Å²) in [6, 6.07) is 0. The SMILES string of the molecule is Cc1c(C(C)C)nn2c(C)nc(C)c2c1C. The van der Waals surface area contributed by atoms with Crippen molar-refractivity contribution in [1.82, 2.24) is 14.6 Å². The average Bonchev–Trinajstić information content (AvgIpc) is 2.47. The first kappa shape index (κ1) is 11.1. The van der Waals surface area contributed by atoms with Gasteiger partial charge in [-0.25, -0.2) is 9.50 Å². The van der Waals surface area contributed by atoms with Crippen LogP contribution in [0.4, 0.5) is 0 Å². The molecule has 2 aromatic heterocycles. The second-order valence-electron chi connectivity index (χ2n) is 4.79. The third-order valence-electron chi connectivity index (χ3n) is 3.25. The van der Waals surface area contributed by atoms with Gasteiger partial charge >= 0.3 is 0 Å². The van der Waals surface area contributed by atoms with E-state index in [1.165, 1.54) is 22.3 Å². The lowest BCUT2D eigenvalue weighted by Gasteiger charge is -2.13. The van der Waals surface area contributed by atoms with Crippen LogP contribution in [0.25, 0.3) is 5.52 Å². The van der Waals surface area contributed by atoms with E-state index in [-0.39, 0.29) is 0 Å². The maximum atomic E-state index is 4.71. The van der Waals surface area contributed by atoms with Crippen molar-refractivity contribution in [3.63, 3.8) is 0 Å².